The molecule has 2 aliphatic rings. The minimum atomic E-state index is -0.360. The third-order valence-corrected chi connectivity index (χ3v) is 5.47. The maximum atomic E-state index is 5.96. The summed E-state index contributed by atoms with van der Waals surface area (Å²) >= 11 is 2.03. The van der Waals surface area contributed by atoms with Gasteiger partial charge in [0.15, 0.2) is 0 Å². The molecule has 21 heavy (non-hydrogen) atoms. The maximum absolute atomic E-state index is 5.96. The zero-order chi connectivity index (χ0) is 15.5. The normalized spacial score (nSPS) is 25.2. The molecule has 0 unspecified atom stereocenters. The molecule has 0 N–H and O–H groups in total. The van der Waals surface area contributed by atoms with E-state index in [4.69, 9.17) is 14.0 Å². The summed E-state index contributed by atoms with van der Waals surface area (Å²) in [6.45, 7) is 16.8. The van der Waals surface area contributed by atoms with Crippen molar-refractivity contribution < 1.29 is 14.0 Å². The van der Waals surface area contributed by atoms with Gasteiger partial charge < -0.3 is 14.0 Å². The van der Waals surface area contributed by atoms with Crippen LogP contribution in [-0.2, 0) is 14.0 Å². The van der Waals surface area contributed by atoms with Gasteiger partial charge in [0.2, 0.25) is 0 Å². The largest absolute Gasteiger partial charge is 0.492 e. The number of nitrogens with zero attached hydrogens (tertiary/aromatic N) is 1. The molecule has 0 aliphatic carbocycles. The van der Waals surface area contributed by atoms with Crippen molar-refractivity contribution in [3.8, 4) is 0 Å². The third-order valence-electron chi connectivity index (χ3n) is 4.53. The fraction of sp³-hybridized carbons (Fsp3) is 0.867. The number of thioether (sulfide) groups is 1. The van der Waals surface area contributed by atoms with Crippen LogP contribution in [-0.4, -0.2) is 67.6 Å². The summed E-state index contributed by atoms with van der Waals surface area (Å²) in [4.78, 5) is 2.45. The Hall–Kier alpha value is -0.00506. The van der Waals surface area contributed by atoms with E-state index >= 15 is 0 Å². The predicted molar refractivity (Wildman–Crippen MR) is 89.8 cm³/mol. The topological polar surface area (TPSA) is 30.9 Å². The molecule has 0 saturated carbocycles. The molecule has 2 saturated heterocycles. The fourth-order valence-electron chi connectivity index (χ4n) is 2.30. The van der Waals surface area contributed by atoms with E-state index in [2.05, 4.69) is 39.2 Å². The van der Waals surface area contributed by atoms with Crippen molar-refractivity contribution in [1.29, 1.82) is 0 Å². The Bertz CT molecular complexity index is 354. The van der Waals surface area contributed by atoms with Crippen molar-refractivity contribution in [2.75, 3.05) is 44.4 Å². The quantitative estimate of drug-likeness (QED) is 0.554. The van der Waals surface area contributed by atoms with Gasteiger partial charge in [0, 0.05) is 31.1 Å². The molecule has 120 valence electrons. The molecule has 0 radical (unpaired) electrons. The summed E-state index contributed by atoms with van der Waals surface area (Å²) in [6, 6.07) is 0. The molecule has 4 nitrogen and oxygen atoms in total. The molecule has 2 aliphatic heterocycles. The molecule has 6 heteroatoms. The fourth-order valence-corrected chi connectivity index (χ4v) is 3.28. The van der Waals surface area contributed by atoms with Crippen LogP contribution < -0.4 is 0 Å². The summed E-state index contributed by atoms with van der Waals surface area (Å²) in [5.41, 5.74) is 0.237. The first-order chi connectivity index (χ1) is 9.82. The second-order valence-corrected chi connectivity index (χ2v) is 7.98. The SMILES string of the molecule is C=C(COCCN1CCSCC1)B1OC(C)(C)C(C)(C)O1. The molecule has 0 aromatic carbocycles. The average molecular weight is 313 g/mol. The molecule has 2 fully saturated rings. The van der Waals surface area contributed by atoms with Crippen LogP contribution in [0.25, 0.3) is 0 Å². The van der Waals surface area contributed by atoms with Gasteiger partial charge in [-0.15, -0.1) is 6.58 Å². The first kappa shape index (κ1) is 17.4. The zero-order valence-corrected chi connectivity index (χ0v) is 14.6. The van der Waals surface area contributed by atoms with Crippen molar-refractivity contribution >= 4 is 18.9 Å². The summed E-state index contributed by atoms with van der Waals surface area (Å²) < 4.78 is 17.7. The van der Waals surface area contributed by atoms with E-state index in [-0.39, 0.29) is 18.3 Å². The Morgan fingerprint density at radius 3 is 2.33 bits per heavy atom. The van der Waals surface area contributed by atoms with Crippen LogP contribution in [0.5, 0.6) is 0 Å². The predicted octanol–water partition coefficient (Wildman–Crippen LogP) is 2.24. The van der Waals surface area contributed by atoms with Gasteiger partial charge in [0.05, 0.1) is 24.4 Å². The van der Waals surface area contributed by atoms with E-state index in [1.807, 2.05) is 11.8 Å². The highest BCUT2D eigenvalue weighted by Crippen LogP contribution is 2.38. The van der Waals surface area contributed by atoms with Crippen molar-refractivity contribution in [3.05, 3.63) is 12.1 Å². The van der Waals surface area contributed by atoms with Gasteiger partial charge in [-0.25, -0.2) is 0 Å². The standard InChI is InChI=1S/C15H28BNO3S/c1-13(16-19-14(2,3)15(4,5)20-16)12-18-9-6-17-7-10-21-11-8-17/h1,6-12H2,2-5H3. The lowest BCUT2D eigenvalue weighted by Crippen LogP contribution is -2.41. The van der Waals surface area contributed by atoms with E-state index in [1.165, 1.54) is 24.6 Å². The second kappa shape index (κ2) is 7.05. The van der Waals surface area contributed by atoms with Crippen molar-refractivity contribution in [2.45, 2.75) is 38.9 Å². The average Bonchev–Trinajstić information content (AvgIpc) is 2.65. The number of rotatable bonds is 6. The van der Waals surface area contributed by atoms with Crippen LogP contribution in [0.4, 0.5) is 0 Å². The van der Waals surface area contributed by atoms with Crippen LogP contribution in [0.2, 0.25) is 0 Å². The smallest absolute Gasteiger partial charge is 0.400 e. The highest BCUT2D eigenvalue weighted by Gasteiger charge is 2.51. The molecule has 0 atom stereocenters. The maximum Gasteiger partial charge on any atom is 0.492 e. The first-order valence-electron chi connectivity index (χ1n) is 7.73. The van der Waals surface area contributed by atoms with E-state index in [9.17, 15) is 0 Å². The molecule has 0 amide bonds. The van der Waals surface area contributed by atoms with Gasteiger partial charge in [-0.2, -0.15) is 11.8 Å². The van der Waals surface area contributed by atoms with Crippen molar-refractivity contribution in [1.82, 2.24) is 4.90 Å². The van der Waals surface area contributed by atoms with Crippen molar-refractivity contribution in [2.24, 2.45) is 0 Å². The monoisotopic (exact) mass is 313 g/mol. The van der Waals surface area contributed by atoms with Crippen LogP contribution >= 0.6 is 11.8 Å². The summed E-state index contributed by atoms with van der Waals surface area (Å²) in [5.74, 6) is 2.47. The lowest BCUT2D eigenvalue weighted by Gasteiger charge is -2.32. The Kier molecular flexibility index (Phi) is 5.82. The molecule has 0 aromatic heterocycles. The minimum absolute atomic E-state index is 0.313. The third kappa shape index (κ3) is 4.49. The Balaban J connectivity index is 1.66. The van der Waals surface area contributed by atoms with Gasteiger partial charge in [-0.3, -0.25) is 4.90 Å². The molecular weight excluding hydrogens is 285 g/mol. The summed E-state index contributed by atoms with van der Waals surface area (Å²) in [6.07, 6.45) is 0. The van der Waals surface area contributed by atoms with Crippen LogP contribution in [0, 0.1) is 0 Å². The van der Waals surface area contributed by atoms with Crippen molar-refractivity contribution in [3.63, 3.8) is 0 Å². The minimum Gasteiger partial charge on any atom is -0.400 e. The highest BCUT2D eigenvalue weighted by molar-refractivity contribution is 7.99. The van der Waals surface area contributed by atoms with Crippen LogP contribution in [0.1, 0.15) is 27.7 Å². The van der Waals surface area contributed by atoms with Crippen LogP contribution in [0.3, 0.4) is 0 Å². The van der Waals surface area contributed by atoms with E-state index < -0.39 is 0 Å². The van der Waals surface area contributed by atoms with Crippen LogP contribution in [0.15, 0.2) is 12.1 Å². The number of hydrogen-bond donors (Lipinski definition) is 0. The molecular formula is C15H28BNO3S. The van der Waals surface area contributed by atoms with E-state index in [1.54, 1.807) is 0 Å². The molecule has 0 spiro atoms. The summed E-state index contributed by atoms with van der Waals surface area (Å²) in [7, 11) is -0.360. The number of ether oxygens (including phenoxy) is 1. The second-order valence-electron chi connectivity index (χ2n) is 6.75. The Labute approximate surface area is 133 Å². The Morgan fingerprint density at radius 2 is 1.76 bits per heavy atom. The zero-order valence-electron chi connectivity index (χ0n) is 13.8. The number of hydrogen-bond acceptors (Lipinski definition) is 5. The summed E-state index contributed by atoms with van der Waals surface area (Å²) in [5, 5.41) is 0. The lowest BCUT2D eigenvalue weighted by molar-refractivity contribution is 0.00578. The Morgan fingerprint density at radius 1 is 1.19 bits per heavy atom. The molecule has 0 bridgehead atoms. The molecule has 0 aromatic rings. The van der Waals surface area contributed by atoms with E-state index in [0.29, 0.717) is 6.61 Å². The van der Waals surface area contributed by atoms with Gasteiger partial charge in [0.1, 0.15) is 0 Å². The van der Waals surface area contributed by atoms with Gasteiger partial charge in [-0.05, 0) is 33.2 Å². The first-order valence-corrected chi connectivity index (χ1v) is 8.88. The highest BCUT2D eigenvalue weighted by atomic mass is 32.2. The van der Waals surface area contributed by atoms with Gasteiger partial charge in [0.25, 0.3) is 0 Å². The van der Waals surface area contributed by atoms with Gasteiger partial charge in [-0.1, -0.05) is 0 Å². The molecule has 2 rings (SSSR count). The van der Waals surface area contributed by atoms with E-state index in [0.717, 1.165) is 18.6 Å². The molecule has 2 heterocycles. The lowest BCUT2D eigenvalue weighted by atomic mass is 9.80. The van der Waals surface area contributed by atoms with Gasteiger partial charge >= 0.3 is 7.12 Å².